The molecule has 3 N–H and O–H groups in total. The van der Waals surface area contributed by atoms with E-state index in [9.17, 15) is 22.8 Å². The lowest BCUT2D eigenvalue weighted by Gasteiger charge is -2.21. The van der Waals surface area contributed by atoms with Gasteiger partial charge in [0.05, 0.1) is 17.2 Å². The van der Waals surface area contributed by atoms with Gasteiger partial charge in [0.15, 0.2) is 0 Å². The summed E-state index contributed by atoms with van der Waals surface area (Å²) in [7, 11) is 0. The third kappa shape index (κ3) is 4.22. The molecule has 1 aromatic rings. The molecule has 0 heterocycles. The molecule has 0 saturated heterocycles. The summed E-state index contributed by atoms with van der Waals surface area (Å²) in [5.41, 5.74) is 3.42. The van der Waals surface area contributed by atoms with Crippen LogP contribution in [0.15, 0.2) is 24.3 Å². The van der Waals surface area contributed by atoms with Gasteiger partial charge >= 0.3 is 6.18 Å². The van der Waals surface area contributed by atoms with Crippen molar-refractivity contribution in [3.8, 4) is 6.07 Å². The molecule has 5 nitrogen and oxygen atoms in total. The molecule has 0 fully saturated rings. The Hall–Kier alpha value is -2.56. The van der Waals surface area contributed by atoms with Crippen LogP contribution in [0.4, 0.5) is 13.2 Å². The Labute approximate surface area is 124 Å². The third-order valence-corrected chi connectivity index (χ3v) is 3.05. The maximum atomic E-state index is 12.9. The molecular weight excluding hydrogens is 299 g/mol. The van der Waals surface area contributed by atoms with Crippen molar-refractivity contribution in [3.05, 3.63) is 35.4 Å². The fourth-order valence-corrected chi connectivity index (χ4v) is 1.90. The van der Waals surface area contributed by atoms with Gasteiger partial charge < -0.3 is 11.1 Å². The molecule has 0 aromatic heterocycles. The second-order valence-corrected chi connectivity index (χ2v) is 4.74. The van der Waals surface area contributed by atoms with Crippen molar-refractivity contribution in [1.29, 1.82) is 5.26 Å². The molecule has 0 radical (unpaired) electrons. The number of carbonyl (C=O) groups is 2. The number of rotatable bonds is 5. The van der Waals surface area contributed by atoms with Crippen molar-refractivity contribution >= 4 is 11.8 Å². The third-order valence-electron chi connectivity index (χ3n) is 3.05. The van der Waals surface area contributed by atoms with E-state index in [1.54, 1.807) is 0 Å². The molecule has 118 valence electrons. The second kappa shape index (κ2) is 6.93. The van der Waals surface area contributed by atoms with Crippen LogP contribution in [0.1, 0.15) is 29.3 Å². The minimum Gasteiger partial charge on any atom is -0.368 e. The molecule has 0 aliphatic heterocycles. The summed E-state index contributed by atoms with van der Waals surface area (Å²) >= 11 is 0. The van der Waals surface area contributed by atoms with Crippen LogP contribution < -0.4 is 11.1 Å². The summed E-state index contributed by atoms with van der Waals surface area (Å²) in [4.78, 5) is 23.4. The lowest BCUT2D eigenvalue weighted by molar-refractivity contribution is -0.137. The Morgan fingerprint density at radius 3 is 2.45 bits per heavy atom. The van der Waals surface area contributed by atoms with Crippen molar-refractivity contribution in [3.63, 3.8) is 0 Å². The average Bonchev–Trinajstić information content (AvgIpc) is 2.43. The van der Waals surface area contributed by atoms with Crippen molar-refractivity contribution in [1.82, 2.24) is 5.32 Å². The molecule has 0 spiro atoms. The number of nitrogens with zero attached hydrogens (tertiary/aromatic N) is 1. The Balaban J connectivity index is 3.07. The summed E-state index contributed by atoms with van der Waals surface area (Å²) in [6, 6.07) is 4.80. The van der Waals surface area contributed by atoms with Gasteiger partial charge in [0, 0.05) is 6.42 Å². The van der Waals surface area contributed by atoms with E-state index in [0.717, 1.165) is 18.2 Å². The smallest absolute Gasteiger partial charge is 0.368 e. The number of amides is 2. The number of carbonyl (C=O) groups excluding carboxylic acids is 2. The summed E-state index contributed by atoms with van der Waals surface area (Å²) in [5, 5.41) is 10.8. The Morgan fingerprint density at radius 2 is 1.95 bits per heavy atom. The average molecular weight is 313 g/mol. The molecule has 0 aliphatic rings. The van der Waals surface area contributed by atoms with Gasteiger partial charge in [0.1, 0.15) is 6.04 Å². The van der Waals surface area contributed by atoms with Crippen molar-refractivity contribution in [2.24, 2.45) is 11.7 Å². The zero-order valence-corrected chi connectivity index (χ0v) is 11.6. The number of nitriles is 1. The molecule has 0 aliphatic carbocycles. The van der Waals surface area contributed by atoms with Gasteiger partial charge in [-0.1, -0.05) is 19.1 Å². The van der Waals surface area contributed by atoms with Gasteiger partial charge in [-0.05, 0) is 18.1 Å². The van der Waals surface area contributed by atoms with E-state index in [4.69, 9.17) is 11.0 Å². The highest BCUT2D eigenvalue weighted by atomic mass is 19.4. The number of hydrogen-bond acceptors (Lipinski definition) is 3. The maximum absolute atomic E-state index is 12.9. The highest BCUT2D eigenvalue weighted by Crippen LogP contribution is 2.31. The topological polar surface area (TPSA) is 96.0 Å². The fourth-order valence-electron chi connectivity index (χ4n) is 1.90. The summed E-state index contributed by atoms with van der Waals surface area (Å²) in [5.74, 6) is -2.60. The monoisotopic (exact) mass is 313 g/mol. The lowest BCUT2D eigenvalue weighted by Crippen LogP contribution is -2.48. The molecule has 2 atom stereocenters. The van der Waals surface area contributed by atoms with E-state index in [0.29, 0.717) is 0 Å². The molecule has 8 heteroatoms. The molecule has 0 unspecified atom stereocenters. The van der Waals surface area contributed by atoms with Crippen molar-refractivity contribution in [2.75, 3.05) is 0 Å². The SMILES string of the molecule is C[C@H](CC#N)[C@@H](NC(=O)c1ccccc1C(F)(F)F)C(N)=O. The minimum atomic E-state index is -4.70. The van der Waals surface area contributed by atoms with Crippen molar-refractivity contribution in [2.45, 2.75) is 25.6 Å². The number of primary amides is 1. The quantitative estimate of drug-likeness (QED) is 0.868. The fraction of sp³-hybridized carbons (Fsp3) is 0.357. The van der Waals surface area contributed by atoms with Crippen LogP contribution in [0, 0.1) is 17.2 Å². The van der Waals surface area contributed by atoms with Crippen LogP contribution in [0.25, 0.3) is 0 Å². The molecule has 1 aromatic carbocycles. The standard InChI is InChI=1S/C14H14F3N3O2/c1-8(6-7-18)11(12(19)21)20-13(22)9-4-2-3-5-10(9)14(15,16)17/h2-5,8,11H,6H2,1H3,(H2,19,21)(H,20,22)/t8-,11-/m1/s1. The first kappa shape index (κ1) is 17.5. The summed E-state index contributed by atoms with van der Waals surface area (Å²) < 4.78 is 38.6. The maximum Gasteiger partial charge on any atom is 0.417 e. The first-order valence-electron chi connectivity index (χ1n) is 6.31. The van der Waals surface area contributed by atoms with Crippen LogP contribution in [-0.2, 0) is 11.0 Å². The Morgan fingerprint density at radius 1 is 1.36 bits per heavy atom. The van der Waals surface area contributed by atoms with Gasteiger partial charge in [0.2, 0.25) is 5.91 Å². The number of halogens is 3. The van der Waals surface area contributed by atoms with Gasteiger partial charge in [-0.3, -0.25) is 9.59 Å². The molecule has 1 rings (SSSR count). The summed E-state index contributed by atoms with van der Waals surface area (Å²) in [6.45, 7) is 1.49. The first-order chi connectivity index (χ1) is 10.2. The molecule has 22 heavy (non-hydrogen) atoms. The van der Waals surface area contributed by atoms with E-state index >= 15 is 0 Å². The number of nitrogens with one attached hydrogen (secondary N) is 1. The van der Waals surface area contributed by atoms with Gasteiger partial charge in [-0.2, -0.15) is 18.4 Å². The van der Waals surface area contributed by atoms with Gasteiger partial charge in [-0.15, -0.1) is 0 Å². The molecule has 0 saturated carbocycles. The Bertz CT molecular complexity index is 608. The molecular formula is C14H14F3N3O2. The van der Waals surface area contributed by atoms with Crippen LogP contribution in [-0.4, -0.2) is 17.9 Å². The minimum absolute atomic E-state index is 0.0746. The largest absolute Gasteiger partial charge is 0.417 e. The van der Waals surface area contributed by atoms with Crippen molar-refractivity contribution < 1.29 is 22.8 Å². The van der Waals surface area contributed by atoms with E-state index in [2.05, 4.69) is 5.32 Å². The number of benzene rings is 1. The van der Waals surface area contributed by atoms with Crippen LogP contribution in [0.5, 0.6) is 0 Å². The summed E-state index contributed by atoms with van der Waals surface area (Å²) in [6.07, 6.45) is -4.77. The number of nitrogens with two attached hydrogens (primary N) is 1. The van der Waals surface area contributed by atoms with E-state index in [1.165, 1.54) is 13.0 Å². The van der Waals surface area contributed by atoms with Crippen LogP contribution in [0.2, 0.25) is 0 Å². The highest BCUT2D eigenvalue weighted by molar-refractivity contribution is 5.98. The van der Waals surface area contributed by atoms with Gasteiger partial charge in [-0.25, -0.2) is 0 Å². The predicted molar refractivity (Wildman–Crippen MR) is 71.3 cm³/mol. The van der Waals surface area contributed by atoms with E-state index in [1.807, 2.05) is 6.07 Å². The molecule has 2 amide bonds. The Kier molecular flexibility index (Phi) is 5.51. The lowest BCUT2D eigenvalue weighted by atomic mass is 9.97. The number of hydrogen-bond donors (Lipinski definition) is 2. The van der Waals surface area contributed by atoms with E-state index in [-0.39, 0.29) is 6.42 Å². The second-order valence-electron chi connectivity index (χ2n) is 4.74. The zero-order chi connectivity index (χ0) is 16.9. The first-order valence-corrected chi connectivity index (χ1v) is 6.31. The molecule has 0 bridgehead atoms. The van der Waals surface area contributed by atoms with Crippen LogP contribution >= 0.6 is 0 Å². The number of alkyl halides is 3. The zero-order valence-electron chi connectivity index (χ0n) is 11.6. The highest BCUT2D eigenvalue weighted by Gasteiger charge is 2.36. The van der Waals surface area contributed by atoms with E-state index < -0.39 is 41.1 Å². The normalized spacial score (nSPS) is 13.8. The van der Waals surface area contributed by atoms with Gasteiger partial charge in [0.25, 0.3) is 5.91 Å². The predicted octanol–water partition coefficient (Wildman–Crippen LogP) is 1.84. The van der Waals surface area contributed by atoms with Crippen LogP contribution in [0.3, 0.4) is 0 Å².